The molecule has 0 N–H and O–H groups in total. The maximum absolute atomic E-state index is 11.1. The van der Waals surface area contributed by atoms with Gasteiger partial charge in [0, 0.05) is 17.8 Å². The highest BCUT2D eigenvalue weighted by atomic mass is 35.7. The standard InChI is InChI=1S/C14H13ClO4S/c1-18-10-11-3-2-4-13(9-11)19-12-5-7-14(8-6-12)20(15,16)17/h2-9H,10H2,1H3. The van der Waals surface area contributed by atoms with Gasteiger partial charge in [-0.2, -0.15) is 0 Å². The molecule has 0 aliphatic rings. The lowest BCUT2D eigenvalue weighted by atomic mass is 10.2. The Hall–Kier alpha value is -1.56. The summed E-state index contributed by atoms with van der Waals surface area (Å²) in [5.41, 5.74) is 0.991. The monoisotopic (exact) mass is 312 g/mol. The minimum Gasteiger partial charge on any atom is -0.457 e. The van der Waals surface area contributed by atoms with Crippen LogP contribution in [0.3, 0.4) is 0 Å². The third kappa shape index (κ3) is 3.96. The maximum atomic E-state index is 11.1. The van der Waals surface area contributed by atoms with Gasteiger partial charge in [-0.25, -0.2) is 8.42 Å². The van der Waals surface area contributed by atoms with Crippen molar-refractivity contribution in [3.8, 4) is 11.5 Å². The molecule has 2 aromatic rings. The minimum absolute atomic E-state index is 0.0413. The summed E-state index contributed by atoms with van der Waals surface area (Å²) >= 11 is 0. The second-order valence-corrected chi connectivity index (χ2v) is 6.66. The fourth-order valence-electron chi connectivity index (χ4n) is 1.67. The van der Waals surface area contributed by atoms with Crippen LogP contribution in [0.5, 0.6) is 11.5 Å². The van der Waals surface area contributed by atoms with Crippen LogP contribution in [0, 0.1) is 0 Å². The second-order valence-electron chi connectivity index (χ2n) is 4.09. The van der Waals surface area contributed by atoms with Crippen molar-refractivity contribution in [3.05, 3.63) is 54.1 Å². The van der Waals surface area contributed by atoms with Gasteiger partial charge >= 0.3 is 0 Å². The first-order valence-electron chi connectivity index (χ1n) is 5.79. The average molecular weight is 313 g/mol. The lowest BCUT2D eigenvalue weighted by Crippen LogP contribution is -1.91. The summed E-state index contributed by atoms with van der Waals surface area (Å²) < 4.78 is 32.9. The molecule has 0 bridgehead atoms. The fraction of sp³-hybridized carbons (Fsp3) is 0.143. The van der Waals surface area contributed by atoms with E-state index in [0.717, 1.165) is 5.56 Å². The molecule has 0 aliphatic carbocycles. The molecule has 0 aromatic heterocycles. The molecule has 4 nitrogen and oxygen atoms in total. The summed E-state index contributed by atoms with van der Waals surface area (Å²) in [6.45, 7) is 0.501. The van der Waals surface area contributed by atoms with Crippen molar-refractivity contribution >= 4 is 19.7 Å². The Balaban J connectivity index is 2.16. The molecule has 0 fully saturated rings. The maximum Gasteiger partial charge on any atom is 0.261 e. The first-order chi connectivity index (χ1) is 9.49. The third-order valence-corrected chi connectivity index (χ3v) is 3.92. The molecule has 0 saturated carbocycles. The number of methoxy groups -OCH3 is 1. The highest BCUT2D eigenvalue weighted by molar-refractivity contribution is 8.13. The van der Waals surface area contributed by atoms with Crippen molar-refractivity contribution in [1.29, 1.82) is 0 Å². The van der Waals surface area contributed by atoms with Crippen molar-refractivity contribution in [3.63, 3.8) is 0 Å². The van der Waals surface area contributed by atoms with Gasteiger partial charge in [-0.15, -0.1) is 0 Å². The van der Waals surface area contributed by atoms with E-state index < -0.39 is 9.05 Å². The summed E-state index contributed by atoms with van der Waals surface area (Å²) in [5.74, 6) is 1.18. The zero-order valence-corrected chi connectivity index (χ0v) is 12.3. The van der Waals surface area contributed by atoms with E-state index in [4.69, 9.17) is 20.2 Å². The predicted octanol–water partition coefficient (Wildman–Crippen LogP) is 3.55. The van der Waals surface area contributed by atoms with Crippen LogP contribution in [0.1, 0.15) is 5.56 Å². The van der Waals surface area contributed by atoms with Gasteiger partial charge in [0.2, 0.25) is 0 Å². The molecule has 0 saturated heterocycles. The van der Waals surface area contributed by atoms with Crippen molar-refractivity contribution in [1.82, 2.24) is 0 Å². The van der Waals surface area contributed by atoms with Gasteiger partial charge < -0.3 is 9.47 Å². The summed E-state index contributed by atoms with van der Waals surface area (Å²) in [6.07, 6.45) is 0. The average Bonchev–Trinajstić information content (AvgIpc) is 2.39. The summed E-state index contributed by atoms with van der Waals surface area (Å²) in [6, 6.07) is 13.4. The van der Waals surface area contributed by atoms with Gasteiger partial charge in [0.1, 0.15) is 11.5 Å². The van der Waals surface area contributed by atoms with E-state index >= 15 is 0 Å². The number of hydrogen-bond donors (Lipinski definition) is 0. The Morgan fingerprint density at radius 2 is 1.75 bits per heavy atom. The Morgan fingerprint density at radius 3 is 2.35 bits per heavy atom. The van der Waals surface area contributed by atoms with E-state index in [-0.39, 0.29) is 4.90 Å². The summed E-state index contributed by atoms with van der Waals surface area (Å²) in [5, 5.41) is 0. The van der Waals surface area contributed by atoms with E-state index in [1.165, 1.54) is 12.1 Å². The molecular formula is C14H13ClO4S. The number of rotatable bonds is 5. The van der Waals surface area contributed by atoms with Gasteiger partial charge in [0.05, 0.1) is 11.5 Å². The van der Waals surface area contributed by atoms with Crippen molar-refractivity contribution in [2.45, 2.75) is 11.5 Å². The van der Waals surface area contributed by atoms with Crippen LogP contribution in [-0.4, -0.2) is 15.5 Å². The van der Waals surface area contributed by atoms with Crippen LogP contribution < -0.4 is 4.74 Å². The van der Waals surface area contributed by atoms with Crippen LogP contribution in [0.25, 0.3) is 0 Å². The Labute approximate surface area is 122 Å². The molecule has 0 heterocycles. The lowest BCUT2D eigenvalue weighted by molar-refractivity contribution is 0.184. The van der Waals surface area contributed by atoms with Crippen molar-refractivity contribution in [2.24, 2.45) is 0 Å². The van der Waals surface area contributed by atoms with E-state index in [2.05, 4.69) is 0 Å². The van der Waals surface area contributed by atoms with Gasteiger partial charge in [-0.3, -0.25) is 0 Å². The molecule has 0 spiro atoms. The Morgan fingerprint density at radius 1 is 1.05 bits per heavy atom. The molecular weight excluding hydrogens is 300 g/mol. The quantitative estimate of drug-likeness (QED) is 0.792. The molecule has 0 unspecified atom stereocenters. The number of halogens is 1. The van der Waals surface area contributed by atoms with E-state index in [9.17, 15) is 8.42 Å². The van der Waals surface area contributed by atoms with Crippen LogP contribution in [0.15, 0.2) is 53.4 Å². The smallest absolute Gasteiger partial charge is 0.261 e. The van der Waals surface area contributed by atoms with E-state index in [1.807, 2.05) is 24.3 Å². The molecule has 2 aromatic carbocycles. The van der Waals surface area contributed by atoms with Gasteiger partial charge in [0.25, 0.3) is 9.05 Å². The van der Waals surface area contributed by atoms with Gasteiger partial charge in [-0.1, -0.05) is 12.1 Å². The Kier molecular flexibility index (Phi) is 4.65. The zero-order chi connectivity index (χ0) is 14.6. The largest absolute Gasteiger partial charge is 0.457 e. The lowest BCUT2D eigenvalue weighted by Gasteiger charge is -2.07. The van der Waals surface area contributed by atoms with Crippen LogP contribution >= 0.6 is 10.7 Å². The van der Waals surface area contributed by atoms with Crippen molar-refractivity contribution < 1.29 is 17.9 Å². The number of ether oxygens (including phenoxy) is 2. The van der Waals surface area contributed by atoms with E-state index in [0.29, 0.717) is 18.1 Å². The molecule has 6 heteroatoms. The molecule has 2 rings (SSSR count). The summed E-state index contributed by atoms with van der Waals surface area (Å²) in [7, 11) is 3.16. The molecule has 0 atom stereocenters. The van der Waals surface area contributed by atoms with Crippen LogP contribution in [0.4, 0.5) is 0 Å². The molecule has 0 radical (unpaired) electrons. The molecule has 0 aliphatic heterocycles. The zero-order valence-electron chi connectivity index (χ0n) is 10.7. The van der Waals surface area contributed by atoms with Gasteiger partial charge in [0.15, 0.2) is 0 Å². The molecule has 106 valence electrons. The first kappa shape index (κ1) is 14.8. The molecule has 0 amide bonds. The topological polar surface area (TPSA) is 52.6 Å². The van der Waals surface area contributed by atoms with E-state index in [1.54, 1.807) is 19.2 Å². The summed E-state index contributed by atoms with van der Waals surface area (Å²) in [4.78, 5) is 0.0413. The molecule has 20 heavy (non-hydrogen) atoms. The predicted molar refractivity (Wildman–Crippen MR) is 76.7 cm³/mol. The Bertz CT molecular complexity index is 681. The highest BCUT2D eigenvalue weighted by Gasteiger charge is 2.09. The SMILES string of the molecule is COCc1cccc(Oc2ccc(S(=O)(=O)Cl)cc2)c1. The minimum atomic E-state index is -3.71. The fourth-order valence-corrected chi connectivity index (χ4v) is 2.44. The second kappa shape index (κ2) is 6.26. The first-order valence-corrected chi connectivity index (χ1v) is 8.10. The van der Waals surface area contributed by atoms with Crippen molar-refractivity contribution in [2.75, 3.05) is 7.11 Å². The van der Waals surface area contributed by atoms with Gasteiger partial charge in [-0.05, 0) is 42.0 Å². The number of hydrogen-bond acceptors (Lipinski definition) is 4. The third-order valence-electron chi connectivity index (χ3n) is 2.55. The highest BCUT2D eigenvalue weighted by Crippen LogP contribution is 2.24. The van der Waals surface area contributed by atoms with Crippen LogP contribution in [-0.2, 0) is 20.4 Å². The normalized spacial score (nSPS) is 11.3. The number of benzene rings is 2. The van der Waals surface area contributed by atoms with Crippen LogP contribution in [0.2, 0.25) is 0 Å².